The fraction of sp³-hybridized carbons (Fsp3) is 0.429. The minimum atomic E-state index is -0.135. The molecule has 1 atom stereocenters. The lowest BCUT2D eigenvalue weighted by Crippen LogP contribution is -2.44. The molecule has 0 amide bonds. The number of hydrogen-bond acceptors (Lipinski definition) is 2. The van der Waals surface area contributed by atoms with E-state index < -0.39 is 0 Å². The molecule has 1 saturated heterocycles. The van der Waals surface area contributed by atoms with Crippen LogP contribution in [0, 0.1) is 12.7 Å². The van der Waals surface area contributed by atoms with Crippen LogP contribution >= 0.6 is 0 Å². The van der Waals surface area contributed by atoms with Gasteiger partial charge in [0, 0.05) is 26.2 Å². The van der Waals surface area contributed by atoms with Crippen molar-refractivity contribution in [3.05, 3.63) is 47.8 Å². The second kappa shape index (κ2) is 5.43. The lowest BCUT2D eigenvalue weighted by Gasteiger charge is -2.34. The molecular weight excluding hydrogens is 215 g/mol. The van der Waals surface area contributed by atoms with Crippen molar-refractivity contribution in [2.45, 2.75) is 13.0 Å². The van der Waals surface area contributed by atoms with E-state index in [9.17, 15) is 4.39 Å². The summed E-state index contributed by atoms with van der Waals surface area (Å²) in [7, 11) is 0. The summed E-state index contributed by atoms with van der Waals surface area (Å²) < 4.78 is 13.6. The average molecular weight is 234 g/mol. The van der Waals surface area contributed by atoms with Gasteiger partial charge in [0.05, 0.1) is 6.04 Å². The summed E-state index contributed by atoms with van der Waals surface area (Å²) in [4.78, 5) is 2.34. The van der Waals surface area contributed by atoms with Crippen LogP contribution in [-0.4, -0.2) is 31.1 Å². The quantitative estimate of drug-likeness (QED) is 0.807. The Hall–Kier alpha value is -1.19. The molecule has 0 unspecified atom stereocenters. The summed E-state index contributed by atoms with van der Waals surface area (Å²) >= 11 is 0. The molecular formula is C14H19FN2. The van der Waals surface area contributed by atoms with Crippen LogP contribution in [0.1, 0.15) is 17.2 Å². The van der Waals surface area contributed by atoms with Crippen molar-refractivity contribution in [2.75, 3.05) is 26.2 Å². The van der Waals surface area contributed by atoms with Gasteiger partial charge in [-0.25, -0.2) is 4.39 Å². The van der Waals surface area contributed by atoms with Crippen LogP contribution in [0.3, 0.4) is 0 Å². The van der Waals surface area contributed by atoms with Crippen molar-refractivity contribution in [2.24, 2.45) is 0 Å². The molecule has 2 nitrogen and oxygen atoms in total. The summed E-state index contributed by atoms with van der Waals surface area (Å²) in [6.45, 7) is 9.66. The lowest BCUT2D eigenvalue weighted by atomic mass is 9.99. The zero-order valence-electron chi connectivity index (χ0n) is 10.2. The van der Waals surface area contributed by atoms with Gasteiger partial charge < -0.3 is 5.32 Å². The minimum absolute atomic E-state index is 0.118. The van der Waals surface area contributed by atoms with Crippen LogP contribution < -0.4 is 5.32 Å². The van der Waals surface area contributed by atoms with E-state index in [4.69, 9.17) is 0 Å². The molecule has 1 aliphatic rings. The molecule has 0 radical (unpaired) electrons. The summed E-state index contributed by atoms with van der Waals surface area (Å²) in [6.07, 6.45) is 1.91. The summed E-state index contributed by atoms with van der Waals surface area (Å²) in [5.41, 5.74) is 1.76. The summed E-state index contributed by atoms with van der Waals surface area (Å²) in [5.74, 6) is -0.135. The molecule has 3 heteroatoms. The SMILES string of the molecule is C=C[C@@H](c1cccc(F)c1C)N1CCNCC1. The van der Waals surface area contributed by atoms with Gasteiger partial charge in [0.1, 0.15) is 5.82 Å². The molecule has 0 aliphatic carbocycles. The van der Waals surface area contributed by atoms with Gasteiger partial charge in [0.25, 0.3) is 0 Å². The van der Waals surface area contributed by atoms with E-state index in [0.29, 0.717) is 0 Å². The van der Waals surface area contributed by atoms with Crippen LogP contribution in [0.5, 0.6) is 0 Å². The van der Waals surface area contributed by atoms with Gasteiger partial charge >= 0.3 is 0 Å². The molecule has 1 aromatic rings. The van der Waals surface area contributed by atoms with E-state index in [1.807, 2.05) is 19.1 Å². The molecule has 1 aliphatic heterocycles. The molecule has 1 fully saturated rings. The van der Waals surface area contributed by atoms with Gasteiger partial charge in [-0.05, 0) is 24.1 Å². The Labute approximate surface area is 102 Å². The Morgan fingerprint density at radius 1 is 1.41 bits per heavy atom. The van der Waals surface area contributed by atoms with Crippen LogP contribution in [0.4, 0.5) is 4.39 Å². The van der Waals surface area contributed by atoms with Gasteiger partial charge in [-0.1, -0.05) is 18.2 Å². The molecule has 0 spiro atoms. The predicted molar refractivity (Wildman–Crippen MR) is 68.5 cm³/mol. The molecule has 1 aromatic carbocycles. The maximum absolute atomic E-state index is 13.6. The van der Waals surface area contributed by atoms with Crippen LogP contribution in [0.15, 0.2) is 30.9 Å². The highest BCUT2D eigenvalue weighted by molar-refractivity contribution is 5.32. The number of nitrogens with one attached hydrogen (secondary N) is 1. The Morgan fingerprint density at radius 2 is 2.12 bits per heavy atom. The molecule has 2 rings (SSSR count). The maximum Gasteiger partial charge on any atom is 0.126 e. The third-order valence-electron chi connectivity index (χ3n) is 3.40. The van der Waals surface area contributed by atoms with Crippen molar-refractivity contribution in [1.82, 2.24) is 10.2 Å². The summed E-state index contributed by atoms with van der Waals surface area (Å²) in [6, 6.07) is 5.40. The number of rotatable bonds is 3. The highest BCUT2D eigenvalue weighted by Gasteiger charge is 2.21. The monoisotopic (exact) mass is 234 g/mol. The van der Waals surface area contributed by atoms with Crippen molar-refractivity contribution < 1.29 is 4.39 Å². The topological polar surface area (TPSA) is 15.3 Å². The largest absolute Gasteiger partial charge is 0.314 e. The van der Waals surface area contributed by atoms with Crippen molar-refractivity contribution in [1.29, 1.82) is 0 Å². The van der Waals surface area contributed by atoms with Crippen LogP contribution in [0.2, 0.25) is 0 Å². The second-order valence-corrected chi connectivity index (χ2v) is 4.42. The van der Waals surface area contributed by atoms with Gasteiger partial charge in [-0.3, -0.25) is 4.90 Å². The molecule has 92 valence electrons. The van der Waals surface area contributed by atoms with E-state index in [1.165, 1.54) is 6.07 Å². The molecule has 17 heavy (non-hydrogen) atoms. The van der Waals surface area contributed by atoms with E-state index in [2.05, 4.69) is 16.8 Å². The molecule has 1 N–H and O–H groups in total. The fourth-order valence-corrected chi connectivity index (χ4v) is 2.38. The molecule has 0 aromatic heterocycles. The number of hydrogen-bond donors (Lipinski definition) is 1. The predicted octanol–water partition coefficient (Wildman–Crippen LogP) is 2.27. The first-order valence-corrected chi connectivity index (χ1v) is 6.06. The number of halogens is 1. The number of benzene rings is 1. The van der Waals surface area contributed by atoms with E-state index in [1.54, 1.807) is 6.07 Å². The third kappa shape index (κ3) is 2.56. The average Bonchev–Trinajstić information content (AvgIpc) is 2.37. The van der Waals surface area contributed by atoms with E-state index in [-0.39, 0.29) is 11.9 Å². The second-order valence-electron chi connectivity index (χ2n) is 4.42. The standard InChI is InChI=1S/C14H19FN2/c1-3-14(17-9-7-16-8-10-17)12-5-4-6-13(15)11(12)2/h3-6,14,16H,1,7-10H2,2H3/t14-/m0/s1. The Kier molecular flexibility index (Phi) is 3.92. The Morgan fingerprint density at radius 3 is 2.76 bits per heavy atom. The highest BCUT2D eigenvalue weighted by Crippen LogP contribution is 2.26. The fourth-order valence-electron chi connectivity index (χ4n) is 2.38. The van der Waals surface area contributed by atoms with Crippen LogP contribution in [-0.2, 0) is 0 Å². The minimum Gasteiger partial charge on any atom is -0.314 e. The molecule has 1 heterocycles. The Balaban J connectivity index is 2.27. The Bertz CT molecular complexity index is 397. The zero-order chi connectivity index (χ0) is 12.3. The van der Waals surface area contributed by atoms with Gasteiger partial charge in [-0.15, -0.1) is 6.58 Å². The van der Waals surface area contributed by atoms with E-state index >= 15 is 0 Å². The summed E-state index contributed by atoms with van der Waals surface area (Å²) in [5, 5.41) is 3.32. The van der Waals surface area contributed by atoms with Crippen molar-refractivity contribution in [3.8, 4) is 0 Å². The normalized spacial score (nSPS) is 18.9. The number of nitrogens with zero attached hydrogens (tertiary/aromatic N) is 1. The van der Waals surface area contributed by atoms with Gasteiger partial charge in [0.15, 0.2) is 0 Å². The first-order valence-electron chi connectivity index (χ1n) is 6.06. The van der Waals surface area contributed by atoms with Crippen molar-refractivity contribution >= 4 is 0 Å². The zero-order valence-corrected chi connectivity index (χ0v) is 10.2. The number of piperazine rings is 1. The highest BCUT2D eigenvalue weighted by atomic mass is 19.1. The van der Waals surface area contributed by atoms with Crippen molar-refractivity contribution in [3.63, 3.8) is 0 Å². The third-order valence-corrected chi connectivity index (χ3v) is 3.40. The first kappa shape index (κ1) is 12.3. The molecule has 0 bridgehead atoms. The maximum atomic E-state index is 13.6. The first-order chi connectivity index (χ1) is 8.24. The lowest BCUT2D eigenvalue weighted by molar-refractivity contribution is 0.203. The van der Waals surface area contributed by atoms with E-state index in [0.717, 1.165) is 37.3 Å². The van der Waals surface area contributed by atoms with Gasteiger partial charge in [0.2, 0.25) is 0 Å². The molecule has 0 saturated carbocycles. The van der Waals surface area contributed by atoms with Crippen LogP contribution in [0.25, 0.3) is 0 Å². The smallest absolute Gasteiger partial charge is 0.126 e. The van der Waals surface area contributed by atoms with Gasteiger partial charge in [-0.2, -0.15) is 0 Å².